The van der Waals surface area contributed by atoms with Crippen molar-refractivity contribution in [3.05, 3.63) is 29.3 Å². The number of imide groups is 1. The van der Waals surface area contributed by atoms with Crippen molar-refractivity contribution in [2.24, 2.45) is 17.6 Å². The van der Waals surface area contributed by atoms with Crippen molar-refractivity contribution in [2.45, 2.75) is 64.1 Å². The monoisotopic (exact) mass is 412 g/mol. The number of anilines is 1. The lowest BCUT2D eigenvalue weighted by atomic mass is 9.76. The molecule has 160 valence electrons. The number of fused-ring (bicyclic) bond motifs is 4. The second-order valence-corrected chi connectivity index (χ2v) is 8.56. The number of aryl methyl sites for hydroxylation is 1. The number of amides is 4. The first kappa shape index (κ1) is 20.5. The second-order valence-electron chi connectivity index (χ2n) is 8.56. The third-order valence-electron chi connectivity index (χ3n) is 6.96. The van der Waals surface area contributed by atoms with Crippen LogP contribution >= 0.6 is 0 Å². The van der Waals surface area contributed by atoms with E-state index in [2.05, 4.69) is 10.6 Å². The van der Waals surface area contributed by atoms with Crippen LogP contribution in [-0.4, -0.2) is 40.6 Å². The standard InChI is InChI=1S/C22H28N4O4/c1-4-11(3)26-19(28)17-15(8-9-16(23)27)25-22(18(17)20(26)29)13-10-12(5-2)6-7-14(13)24-21(22)30/h6-7,10-11,15,17-18,25H,4-5,8-9H2,1-3H3,(H2,23,27)(H,24,30). The molecule has 0 bridgehead atoms. The van der Waals surface area contributed by atoms with Crippen molar-refractivity contribution in [2.75, 3.05) is 5.32 Å². The van der Waals surface area contributed by atoms with Gasteiger partial charge in [0.1, 0.15) is 5.54 Å². The number of nitrogens with one attached hydrogen (secondary N) is 2. The van der Waals surface area contributed by atoms with E-state index in [1.54, 1.807) is 0 Å². The number of primary amides is 1. The van der Waals surface area contributed by atoms with Gasteiger partial charge in [0.15, 0.2) is 0 Å². The molecule has 4 N–H and O–H groups in total. The number of benzene rings is 1. The Hall–Kier alpha value is -2.74. The summed E-state index contributed by atoms with van der Waals surface area (Å²) in [6.45, 7) is 5.78. The smallest absolute Gasteiger partial charge is 0.250 e. The van der Waals surface area contributed by atoms with Crippen LogP contribution in [0.15, 0.2) is 18.2 Å². The van der Waals surface area contributed by atoms with Crippen molar-refractivity contribution in [1.82, 2.24) is 10.2 Å². The Morgan fingerprint density at radius 1 is 1.23 bits per heavy atom. The van der Waals surface area contributed by atoms with Crippen LogP contribution < -0.4 is 16.4 Å². The molecular formula is C22H28N4O4. The van der Waals surface area contributed by atoms with Crippen molar-refractivity contribution < 1.29 is 19.2 Å². The molecule has 5 unspecified atom stereocenters. The highest BCUT2D eigenvalue weighted by Crippen LogP contribution is 2.54. The quantitative estimate of drug-likeness (QED) is 0.603. The highest BCUT2D eigenvalue weighted by atomic mass is 16.2. The van der Waals surface area contributed by atoms with E-state index in [4.69, 9.17) is 5.73 Å². The molecule has 3 aliphatic rings. The minimum atomic E-state index is -1.32. The SMILES string of the molecule is CCc1ccc2c(c1)C1(NC(CCC(N)=O)C3C(=O)N(C(C)CC)C(=O)C31)C(=O)N2. The first-order valence-electron chi connectivity index (χ1n) is 10.6. The van der Waals surface area contributed by atoms with Gasteiger partial charge in [0.05, 0.1) is 11.8 Å². The van der Waals surface area contributed by atoms with Gasteiger partial charge in [-0.15, -0.1) is 0 Å². The van der Waals surface area contributed by atoms with Gasteiger partial charge in [0, 0.05) is 29.8 Å². The van der Waals surface area contributed by atoms with Crippen molar-refractivity contribution in [3.63, 3.8) is 0 Å². The summed E-state index contributed by atoms with van der Waals surface area (Å²) in [4.78, 5) is 53.0. The Kier molecular flexibility index (Phi) is 4.92. The third kappa shape index (κ3) is 2.70. The lowest BCUT2D eigenvalue weighted by molar-refractivity contribution is -0.145. The molecule has 8 heteroatoms. The summed E-state index contributed by atoms with van der Waals surface area (Å²) in [5.74, 6) is -2.94. The summed E-state index contributed by atoms with van der Waals surface area (Å²) < 4.78 is 0. The fraction of sp³-hybridized carbons (Fsp3) is 0.545. The predicted octanol–water partition coefficient (Wildman–Crippen LogP) is 1.03. The van der Waals surface area contributed by atoms with Gasteiger partial charge in [-0.2, -0.15) is 0 Å². The fourth-order valence-electron chi connectivity index (χ4n) is 5.25. The zero-order valence-corrected chi connectivity index (χ0v) is 17.5. The average Bonchev–Trinajstić information content (AvgIpc) is 3.30. The molecule has 4 amide bonds. The first-order chi connectivity index (χ1) is 14.3. The van der Waals surface area contributed by atoms with E-state index in [1.807, 2.05) is 39.0 Å². The molecule has 2 saturated heterocycles. The summed E-state index contributed by atoms with van der Waals surface area (Å²) in [7, 11) is 0. The molecule has 0 radical (unpaired) electrons. The average molecular weight is 412 g/mol. The summed E-state index contributed by atoms with van der Waals surface area (Å²) >= 11 is 0. The minimum Gasteiger partial charge on any atom is -0.370 e. The van der Waals surface area contributed by atoms with Crippen LogP contribution in [0.2, 0.25) is 0 Å². The maximum Gasteiger partial charge on any atom is 0.250 e. The third-order valence-corrected chi connectivity index (χ3v) is 6.96. The van der Waals surface area contributed by atoms with Crippen molar-refractivity contribution in [3.8, 4) is 0 Å². The Labute approximate surface area is 175 Å². The number of rotatable bonds is 6. The van der Waals surface area contributed by atoms with Gasteiger partial charge >= 0.3 is 0 Å². The van der Waals surface area contributed by atoms with E-state index in [0.717, 1.165) is 12.0 Å². The number of carbonyl (C=O) groups excluding carboxylic acids is 4. The molecule has 0 aromatic heterocycles. The summed E-state index contributed by atoms with van der Waals surface area (Å²) in [6, 6.07) is 4.99. The second kappa shape index (κ2) is 7.19. The van der Waals surface area contributed by atoms with E-state index in [1.165, 1.54) is 4.90 Å². The van der Waals surface area contributed by atoms with Gasteiger partial charge in [-0.3, -0.25) is 29.4 Å². The zero-order chi connectivity index (χ0) is 21.8. The van der Waals surface area contributed by atoms with Crippen LogP contribution in [0, 0.1) is 11.8 Å². The molecule has 0 saturated carbocycles. The summed E-state index contributed by atoms with van der Waals surface area (Å²) in [6.07, 6.45) is 1.78. The zero-order valence-electron chi connectivity index (χ0n) is 17.5. The molecule has 4 rings (SSSR count). The van der Waals surface area contributed by atoms with Gasteiger partial charge in [0.2, 0.25) is 23.6 Å². The number of carbonyl (C=O) groups is 4. The molecule has 1 aromatic carbocycles. The van der Waals surface area contributed by atoms with E-state index >= 15 is 0 Å². The molecule has 1 aromatic rings. The number of nitrogens with two attached hydrogens (primary N) is 1. The van der Waals surface area contributed by atoms with Gasteiger partial charge in [-0.25, -0.2) is 0 Å². The van der Waals surface area contributed by atoms with E-state index in [9.17, 15) is 19.2 Å². The normalized spacial score (nSPS) is 30.6. The van der Waals surface area contributed by atoms with Crippen LogP contribution in [-0.2, 0) is 31.1 Å². The van der Waals surface area contributed by atoms with Crippen LogP contribution in [0.4, 0.5) is 5.69 Å². The summed E-state index contributed by atoms with van der Waals surface area (Å²) in [5, 5.41) is 6.23. The highest BCUT2D eigenvalue weighted by molar-refractivity contribution is 6.15. The first-order valence-corrected chi connectivity index (χ1v) is 10.6. The molecule has 2 fully saturated rings. The summed E-state index contributed by atoms with van der Waals surface area (Å²) in [5.41, 5.74) is 6.43. The molecule has 5 atom stereocenters. The number of hydrogen-bond donors (Lipinski definition) is 3. The van der Waals surface area contributed by atoms with Crippen LogP contribution in [0.3, 0.4) is 0 Å². The predicted molar refractivity (Wildman–Crippen MR) is 110 cm³/mol. The number of hydrogen-bond acceptors (Lipinski definition) is 5. The molecule has 30 heavy (non-hydrogen) atoms. The van der Waals surface area contributed by atoms with E-state index in [-0.39, 0.29) is 30.2 Å². The van der Waals surface area contributed by atoms with Gasteiger partial charge < -0.3 is 11.1 Å². The Balaban J connectivity index is 1.85. The van der Waals surface area contributed by atoms with Gasteiger partial charge in [-0.1, -0.05) is 26.0 Å². The maximum atomic E-state index is 13.5. The maximum absolute atomic E-state index is 13.5. The number of nitrogens with zero attached hydrogens (tertiary/aromatic N) is 1. The molecule has 3 aliphatic heterocycles. The van der Waals surface area contributed by atoms with Crippen LogP contribution in [0.5, 0.6) is 0 Å². The molecule has 8 nitrogen and oxygen atoms in total. The lowest BCUT2D eigenvalue weighted by Crippen LogP contribution is -2.54. The fourth-order valence-corrected chi connectivity index (χ4v) is 5.25. The molecule has 0 aliphatic carbocycles. The lowest BCUT2D eigenvalue weighted by Gasteiger charge is -2.31. The highest BCUT2D eigenvalue weighted by Gasteiger charge is 2.70. The Bertz CT molecular complexity index is 945. The molecule has 1 spiro atoms. The largest absolute Gasteiger partial charge is 0.370 e. The van der Waals surface area contributed by atoms with Crippen LogP contribution in [0.25, 0.3) is 0 Å². The Morgan fingerprint density at radius 3 is 2.60 bits per heavy atom. The van der Waals surface area contributed by atoms with E-state index in [0.29, 0.717) is 24.1 Å². The van der Waals surface area contributed by atoms with Gasteiger partial charge in [0.25, 0.3) is 0 Å². The topological polar surface area (TPSA) is 122 Å². The van der Waals surface area contributed by atoms with Gasteiger partial charge in [-0.05, 0) is 37.8 Å². The molecule has 3 heterocycles. The number of likely N-dealkylation sites (tertiary alicyclic amines) is 1. The van der Waals surface area contributed by atoms with Crippen molar-refractivity contribution >= 4 is 29.3 Å². The van der Waals surface area contributed by atoms with Crippen molar-refractivity contribution in [1.29, 1.82) is 0 Å². The van der Waals surface area contributed by atoms with Crippen LogP contribution in [0.1, 0.15) is 51.2 Å². The minimum absolute atomic E-state index is 0.0746. The molecular weight excluding hydrogens is 384 g/mol. The van der Waals surface area contributed by atoms with E-state index < -0.39 is 29.3 Å². The Morgan fingerprint density at radius 2 is 1.97 bits per heavy atom.